The number of carbonyl (C=O) groups excluding carboxylic acids is 1. The molecular weight excluding hydrogens is 408 g/mol. The van der Waals surface area contributed by atoms with Gasteiger partial charge in [0.25, 0.3) is 5.91 Å². The second-order valence-electron chi connectivity index (χ2n) is 7.60. The maximum Gasteiger partial charge on any atom is 0.265 e. The Morgan fingerprint density at radius 1 is 1.12 bits per heavy atom. The number of amides is 1. The largest absolute Gasteiger partial charge is 0.464 e. The number of fused-ring (bicyclic) bond motifs is 2. The van der Waals surface area contributed by atoms with Crippen molar-refractivity contribution in [1.82, 2.24) is 14.8 Å². The van der Waals surface area contributed by atoms with Crippen molar-refractivity contribution in [2.24, 2.45) is 7.05 Å². The Kier molecular flexibility index (Phi) is 4.89. The molecule has 162 valence electrons. The first-order valence-corrected chi connectivity index (χ1v) is 10.3. The Morgan fingerprint density at radius 2 is 1.91 bits per heavy atom. The number of aromatic nitrogens is 3. The van der Waals surface area contributed by atoms with Crippen molar-refractivity contribution >= 4 is 22.6 Å². The second-order valence-corrected chi connectivity index (χ2v) is 7.60. The molecule has 1 aliphatic heterocycles. The van der Waals surface area contributed by atoms with Crippen LogP contribution in [-0.2, 0) is 11.8 Å². The maximum atomic E-state index is 12.8. The molecule has 2 aromatic carbocycles. The van der Waals surface area contributed by atoms with E-state index in [9.17, 15) is 4.79 Å². The molecule has 0 saturated heterocycles. The van der Waals surface area contributed by atoms with Crippen LogP contribution in [0, 0.1) is 6.92 Å². The average molecular weight is 430 g/mol. The lowest BCUT2D eigenvalue weighted by Crippen LogP contribution is -2.30. The first-order chi connectivity index (χ1) is 15.5. The smallest absolute Gasteiger partial charge is 0.265 e. The van der Waals surface area contributed by atoms with Crippen LogP contribution in [-0.4, -0.2) is 33.6 Å². The number of nitrogens with one attached hydrogen (secondary N) is 1. The summed E-state index contributed by atoms with van der Waals surface area (Å²) >= 11 is 0. The molecule has 0 unspecified atom stereocenters. The quantitative estimate of drug-likeness (QED) is 0.513. The molecule has 4 aromatic rings. The van der Waals surface area contributed by atoms with Gasteiger partial charge in [-0.05, 0) is 37.1 Å². The zero-order valence-electron chi connectivity index (χ0n) is 18.0. The number of nitrogens with zero attached hydrogens (tertiary/aromatic N) is 3. The van der Waals surface area contributed by atoms with Crippen molar-refractivity contribution in [3.05, 3.63) is 60.3 Å². The molecule has 0 radical (unpaired) electrons. The van der Waals surface area contributed by atoms with Crippen molar-refractivity contribution in [3.63, 3.8) is 0 Å². The SMILES string of the molecule is Cc1nn(C)c2nc(O[C@@H](C)C(=O)Nc3ccc4c(c3)OCO4)cc(-c3ccccc3)c12. The van der Waals surface area contributed by atoms with Gasteiger partial charge in [0.15, 0.2) is 23.3 Å². The highest BCUT2D eigenvalue weighted by Gasteiger charge is 2.21. The predicted molar refractivity (Wildman–Crippen MR) is 120 cm³/mol. The average Bonchev–Trinajstić information content (AvgIpc) is 3.37. The summed E-state index contributed by atoms with van der Waals surface area (Å²) in [6.07, 6.45) is -0.775. The molecule has 1 aliphatic rings. The zero-order valence-corrected chi connectivity index (χ0v) is 18.0. The van der Waals surface area contributed by atoms with Crippen molar-refractivity contribution in [1.29, 1.82) is 0 Å². The zero-order chi connectivity index (χ0) is 22.2. The molecule has 8 nitrogen and oxygen atoms in total. The van der Waals surface area contributed by atoms with Crippen LogP contribution in [0.1, 0.15) is 12.6 Å². The molecule has 1 N–H and O–H groups in total. The summed E-state index contributed by atoms with van der Waals surface area (Å²) in [7, 11) is 1.84. The van der Waals surface area contributed by atoms with Crippen LogP contribution in [0.4, 0.5) is 5.69 Å². The van der Waals surface area contributed by atoms with E-state index in [1.165, 1.54) is 0 Å². The van der Waals surface area contributed by atoms with E-state index >= 15 is 0 Å². The third kappa shape index (κ3) is 3.60. The Hall–Kier alpha value is -4.07. The highest BCUT2D eigenvalue weighted by atomic mass is 16.7. The molecule has 8 heteroatoms. The number of rotatable bonds is 5. The molecule has 0 spiro atoms. The summed E-state index contributed by atoms with van der Waals surface area (Å²) in [5, 5.41) is 8.32. The molecule has 1 amide bonds. The molecule has 0 bridgehead atoms. The van der Waals surface area contributed by atoms with E-state index in [0.717, 1.165) is 22.2 Å². The highest BCUT2D eigenvalue weighted by Crippen LogP contribution is 2.35. The third-order valence-corrected chi connectivity index (χ3v) is 5.34. The summed E-state index contributed by atoms with van der Waals surface area (Å²) in [6, 6.07) is 17.1. The van der Waals surface area contributed by atoms with E-state index in [1.54, 1.807) is 29.8 Å². The van der Waals surface area contributed by atoms with Crippen LogP contribution in [0.15, 0.2) is 54.6 Å². The van der Waals surface area contributed by atoms with Gasteiger partial charge < -0.3 is 19.5 Å². The summed E-state index contributed by atoms with van der Waals surface area (Å²) in [5.74, 6) is 1.31. The Morgan fingerprint density at radius 3 is 2.72 bits per heavy atom. The minimum atomic E-state index is -0.775. The lowest BCUT2D eigenvalue weighted by atomic mass is 10.0. The fourth-order valence-corrected chi connectivity index (χ4v) is 3.78. The Bertz CT molecular complexity index is 1320. The van der Waals surface area contributed by atoms with E-state index < -0.39 is 6.10 Å². The number of aryl methyl sites for hydroxylation is 2. The van der Waals surface area contributed by atoms with Gasteiger partial charge in [-0.15, -0.1) is 0 Å². The van der Waals surface area contributed by atoms with Crippen molar-refractivity contribution < 1.29 is 19.0 Å². The molecule has 1 atom stereocenters. The van der Waals surface area contributed by atoms with Gasteiger partial charge in [-0.25, -0.2) is 0 Å². The number of pyridine rings is 1. The molecular formula is C24H22N4O4. The first-order valence-electron chi connectivity index (χ1n) is 10.3. The molecule has 2 aromatic heterocycles. The lowest BCUT2D eigenvalue weighted by Gasteiger charge is -2.15. The van der Waals surface area contributed by atoms with Crippen LogP contribution < -0.4 is 19.5 Å². The summed E-state index contributed by atoms with van der Waals surface area (Å²) in [4.78, 5) is 17.4. The molecule has 5 rings (SSSR count). The predicted octanol–water partition coefficient (Wildman–Crippen LogP) is 4.08. The number of hydrogen-bond donors (Lipinski definition) is 1. The minimum absolute atomic E-state index is 0.178. The summed E-state index contributed by atoms with van der Waals surface area (Å²) < 4.78 is 18.3. The van der Waals surface area contributed by atoms with Gasteiger partial charge in [0.2, 0.25) is 12.7 Å². The first kappa shape index (κ1) is 19.9. The van der Waals surface area contributed by atoms with Gasteiger partial charge >= 0.3 is 0 Å². The molecule has 3 heterocycles. The van der Waals surface area contributed by atoms with Crippen LogP contribution >= 0.6 is 0 Å². The maximum absolute atomic E-state index is 12.8. The van der Waals surface area contributed by atoms with E-state index in [1.807, 2.05) is 50.4 Å². The van der Waals surface area contributed by atoms with Gasteiger partial charge in [-0.1, -0.05) is 30.3 Å². The number of ether oxygens (including phenoxy) is 3. The second kappa shape index (κ2) is 7.88. The molecule has 0 aliphatic carbocycles. The topological polar surface area (TPSA) is 87.5 Å². The van der Waals surface area contributed by atoms with Gasteiger partial charge in [0.05, 0.1) is 11.1 Å². The van der Waals surface area contributed by atoms with E-state index in [0.29, 0.717) is 28.7 Å². The van der Waals surface area contributed by atoms with Crippen LogP contribution in [0.5, 0.6) is 17.4 Å². The van der Waals surface area contributed by atoms with Gasteiger partial charge in [-0.3, -0.25) is 9.48 Å². The van der Waals surface area contributed by atoms with Gasteiger partial charge in [0, 0.05) is 24.9 Å². The minimum Gasteiger partial charge on any atom is -0.464 e. The van der Waals surface area contributed by atoms with Crippen LogP contribution in [0.2, 0.25) is 0 Å². The monoisotopic (exact) mass is 430 g/mol. The van der Waals surface area contributed by atoms with Crippen molar-refractivity contribution in [3.8, 4) is 28.5 Å². The van der Waals surface area contributed by atoms with Gasteiger partial charge in [-0.2, -0.15) is 10.1 Å². The standard InChI is InChI=1S/C24H22N4O4/c1-14-22-18(16-7-5-4-6-8-16)12-21(26-23(22)28(3)27-14)32-15(2)24(29)25-17-9-10-19-20(11-17)31-13-30-19/h4-12,15H,13H2,1-3H3,(H,25,29)/t15-/m0/s1. The van der Waals surface area contributed by atoms with Crippen molar-refractivity contribution in [2.75, 3.05) is 12.1 Å². The normalized spacial score (nSPS) is 13.2. The van der Waals surface area contributed by atoms with E-state index in [-0.39, 0.29) is 12.7 Å². The fourth-order valence-electron chi connectivity index (χ4n) is 3.78. The Balaban J connectivity index is 1.42. The van der Waals surface area contributed by atoms with Gasteiger partial charge in [0.1, 0.15) is 0 Å². The number of hydrogen-bond acceptors (Lipinski definition) is 6. The third-order valence-electron chi connectivity index (χ3n) is 5.34. The Labute approximate surface area is 184 Å². The van der Waals surface area contributed by atoms with Crippen LogP contribution in [0.3, 0.4) is 0 Å². The number of benzene rings is 2. The van der Waals surface area contributed by atoms with Crippen molar-refractivity contribution in [2.45, 2.75) is 20.0 Å². The molecule has 0 fully saturated rings. The van der Waals surface area contributed by atoms with Crippen LogP contribution in [0.25, 0.3) is 22.2 Å². The highest BCUT2D eigenvalue weighted by molar-refractivity contribution is 5.96. The number of carbonyl (C=O) groups is 1. The molecule has 32 heavy (non-hydrogen) atoms. The fraction of sp³-hybridized carbons (Fsp3) is 0.208. The van der Waals surface area contributed by atoms with E-state index in [4.69, 9.17) is 14.2 Å². The lowest BCUT2D eigenvalue weighted by molar-refractivity contribution is -0.122. The summed E-state index contributed by atoms with van der Waals surface area (Å²) in [6.45, 7) is 3.82. The number of anilines is 1. The molecule has 0 saturated carbocycles. The summed E-state index contributed by atoms with van der Waals surface area (Å²) in [5.41, 5.74) is 4.17. The van der Waals surface area contributed by atoms with E-state index in [2.05, 4.69) is 15.4 Å².